The number of cyclic esters (lactones) is 1. The number of alkyl carbamates (subject to hydrolysis) is 1. The molecule has 4 aliphatic rings. The Morgan fingerprint density at radius 2 is 1.91 bits per heavy atom. The van der Waals surface area contributed by atoms with Gasteiger partial charge in [-0.1, -0.05) is 11.2 Å². The first-order valence-electron chi connectivity index (χ1n) is 11.9. The molecule has 3 aliphatic carbocycles. The summed E-state index contributed by atoms with van der Waals surface area (Å²) >= 11 is 0. The van der Waals surface area contributed by atoms with Crippen LogP contribution in [0.15, 0.2) is 22.7 Å². The molecule has 1 amide bonds. The molecule has 0 spiro atoms. The number of imidazole rings is 1. The predicted octanol–water partition coefficient (Wildman–Crippen LogP) is 4.93. The van der Waals surface area contributed by atoms with E-state index in [9.17, 15) is 4.79 Å². The van der Waals surface area contributed by atoms with Crippen molar-refractivity contribution in [1.82, 2.24) is 20.0 Å². The number of rotatable bonds is 4. The van der Waals surface area contributed by atoms with Gasteiger partial charge in [0.2, 0.25) is 0 Å². The third kappa shape index (κ3) is 3.10. The molecule has 3 aromatic rings. The standard InChI is InChI=1S/C25H30N4O4/c1-15-21(16(2)33-28-15)17-4-5-20-19(14-17)26-22(18-6-13-32-23(30)27-18)29(20)24-7-10-25(31-3,11-8-24)12-9-24/h4-5,14,18H,6-13H2,1-3H3,(H,27,30)/t18-,24?,25?/m0/s1. The fourth-order valence-electron chi connectivity index (χ4n) is 6.37. The van der Waals surface area contributed by atoms with Crippen LogP contribution in [0.4, 0.5) is 4.79 Å². The Kier molecular flexibility index (Phi) is 4.59. The van der Waals surface area contributed by atoms with Crippen LogP contribution in [0.2, 0.25) is 0 Å². The minimum absolute atomic E-state index is 0.00204. The number of fused-ring (bicyclic) bond motifs is 4. The first-order chi connectivity index (χ1) is 15.9. The molecule has 1 atom stereocenters. The molecule has 1 aliphatic heterocycles. The van der Waals surface area contributed by atoms with E-state index in [0.29, 0.717) is 13.0 Å². The number of hydrogen-bond donors (Lipinski definition) is 1. The molecule has 8 nitrogen and oxygen atoms in total. The quantitative estimate of drug-likeness (QED) is 0.606. The maximum absolute atomic E-state index is 12.1. The number of ether oxygens (including phenoxy) is 2. The van der Waals surface area contributed by atoms with Crippen LogP contribution >= 0.6 is 0 Å². The van der Waals surface area contributed by atoms with Crippen molar-refractivity contribution in [2.24, 2.45) is 0 Å². The minimum atomic E-state index is -0.371. The minimum Gasteiger partial charge on any atom is -0.449 e. The highest BCUT2D eigenvalue weighted by atomic mass is 16.6. The second kappa shape index (κ2) is 7.32. The van der Waals surface area contributed by atoms with Gasteiger partial charge in [-0.05, 0) is 70.1 Å². The van der Waals surface area contributed by atoms with E-state index >= 15 is 0 Å². The molecule has 1 saturated heterocycles. The summed E-state index contributed by atoms with van der Waals surface area (Å²) in [5.41, 5.74) is 5.02. The fraction of sp³-hybridized carbons (Fsp3) is 0.560. The first kappa shape index (κ1) is 20.7. The van der Waals surface area contributed by atoms with E-state index in [2.05, 4.69) is 33.2 Å². The molecule has 0 unspecified atom stereocenters. The summed E-state index contributed by atoms with van der Waals surface area (Å²) in [5, 5.41) is 7.13. The normalized spacial score (nSPS) is 29.3. The van der Waals surface area contributed by atoms with Crippen LogP contribution in [0.1, 0.15) is 68.3 Å². The third-order valence-corrected chi connectivity index (χ3v) is 8.29. The van der Waals surface area contributed by atoms with Crippen LogP contribution in [0.3, 0.4) is 0 Å². The lowest BCUT2D eigenvalue weighted by molar-refractivity contribution is -0.111. The summed E-state index contributed by atoms with van der Waals surface area (Å²) in [5.74, 6) is 1.74. The largest absolute Gasteiger partial charge is 0.449 e. The van der Waals surface area contributed by atoms with Gasteiger partial charge in [-0.25, -0.2) is 9.78 Å². The van der Waals surface area contributed by atoms with E-state index in [-0.39, 0.29) is 23.3 Å². The second-order valence-corrected chi connectivity index (χ2v) is 9.94. The Morgan fingerprint density at radius 3 is 2.55 bits per heavy atom. The Bertz CT molecular complexity index is 1200. The zero-order valence-corrected chi connectivity index (χ0v) is 19.4. The summed E-state index contributed by atoms with van der Waals surface area (Å²) in [7, 11) is 1.85. The molecule has 3 heterocycles. The van der Waals surface area contributed by atoms with Crippen LogP contribution < -0.4 is 5.32 Å². The maximum atomic E-state index is 12.1. The highest BCUT2D eigenvalue weighted by Crippen LogP contribution is 2.54. The van der Waals surface area contributed by atoms with E-state index in [4.69, 9.17) is 19.0 Å². The molecule has 3 saturated carbocycles. The van der Waals surface area contributed by atoms with Gasteiger partial charge < -0.3 is 23.9 Å². The highest BCUT2D eigenvalue weighted by molar-refractivity contribution is 5.84. The average molecular weight is 451 g/mol. The molecule has 0 radical (unpaired) electrons. The van der Waals surface area contributed by atoms with Crippen LogP contribution in [0.25, 0.3) is 22.2 Å². The van der Waals surface area contributed by atoms with Crippen LogP contribution in [0.5, 0.6) is 0 Å². The number of aryl methyl sites for hydroxylation is 2. The average Bonchev–Trinajstić information content (AvgIpc) is 3.39. The van der Waals surface area contributed by atoms with Gasteiger partial charge in [0.05, 0.1) is 35.0 Å². The van der Waals surface area contributed by atoms with Crippen molar-refractivity contribution >= 4 is 17.1 Å². The van der Waals surface area contributed by atoms with Gasteiger partial charge in [0.15, 0.2) is 0 Å². The molecule has 8 heteroatoms. The summed E-state index contributed by atoms with van der Waals surface area (Å²) < 4.78 is 18.9. The van der Waals surface area contributed by atoms with Crippen molar-refractivity contribution in [1.29, 1.82) is 0 Å². The van der Waals surface area contributed by atoms with Gasteiger partial charge in [0.1, 0.15) is 11.6 Å². The lowest BCUT2D eigenvalue weighted by Gasteiger charge is -2.54. The lowest BCUT2D eigenvalue weighted by Crippen LogP contribution is -2.53. The molecule has 33 heavy (non-hydrogen) atoms. The summed E-state index contributed by atoms with van der Waals surface area (Å²) in [6.07, 6.45) is 6.68. The third-order valence-electron chi connectivity index (χ3n) is 8.29. The first-order valence-corrected chi connectivity index (χ1v) is 11.9. The summed E-state index contributed by atoms with van der Waals surface area (Å²) in [6, 6.07) is 6.29. The van der Waals surface area contributed by atoms with Crippen molar-refractivity contribution in [3.63, 3.8) is 0 Å². The van der Waals surface area contributed by atoms with Crippen LogP contribution in [-0.2, 0) is 15.0 Å². The van der Waals surface area contributed by atoms with Gasteiger partial charge in [-0.3, -0.25) is 0 Å². The molecule has 4 fully saturated rings. The predicted molar refractivity (Wildman–Crippen MR) is 122 cm³/mol. The Balaban J connectivity index is 1.51. The highest BCUT2D eigenvalue weighted by Gasteiger charge is 2.51. The zero-order chi connectivity index (χ0) is 22.8. The number of aromatic nitrogens is 3. The summed E-state index contributed by atoms with van der Waals surface area (Å²) in [6.45, 7) is 4.30. The van der Waals surface area contributed by atoms with Crippen molar-refractivity contribution in [3.05, 3.63) is 35.5 Å². The lowest BCUT2D eigenvalue weighted by atomic mass is 9.63. The molecule has 2 aromatic heterocycles. The van der Waals surface area contributed by atoms with Crippen molar-refractivity contribution in [3.8, 4) is 11.1 Å². The van der Waals surface area contributed by atoms with E-state index in [0.717, 1.165) is 78.0 Å². The van der Waals surface area contributed by atoms with Gasteiger partial charge in [-0.15, -0.1) is 0 Å². The number of nitrogens with one attached hydrogen (secondary N) is 1. The molecular formula is C25H30N4O4. The number of carbonyl (C=O) groups excluding carboxylic acids is 1. The van der Waals surface area contributed by atoms with Crippen LogP contribution in [0, 0.1) is 13.8 Å². The van der Waals surface area contributed by atoms with Gasteiger partial charge >= 0.3 is 6.09 Å². The van der Waals surface area contributed by atoms with Crippen molar-refractivity contribution in [2.75, 3.05) is 13.7 Å². The van der Waals surface area contributed by atoms with E-state index in [1.165, 1.54) is 0 Å². The van der Waals surface area contributed by atoms with Crippen molar-refractivity contribution < 1.29 is 18.8 Å². The smallest absolute Gasteiger partial charge is 0.407 e. The maximum Gasteiger partial charge on any atom is 0.407 e. The van der Waals surface area contributed by atoms with Gasteiger partial charge in [-0.2, -0.15) is 0 Å². The SMILES string of the molecule is COC12CCC(n3c([C@@H]4CCOC(=O)N4)nc4cc(-c5c(C)noc5C)ccc43)(CC1)CC2. The Labute approximate surface area is 192 Å². The van der Waals surface area contributed by atoms with Gasteiger partial charge in [0.25, 0.3) is 0 Å². The number of benzene rings is 1. The molecule has 2 bridgehead atoms. The Hall–Kier alpha value is -2.87. The van der Waals surface area contributed by atoms with Crippen molar-refractivity contribution in [2.45, 2.75) is 76.0 Å². The molecule has 174 valence electrons. The zero-order valence-electron chi connectivity index (χ0n) is 19.4. The number of amides is 1. The topological polar surface area (TPSA) is 91.4 Å². The second-order valence-electron chi connectivity index (χ2n) is 9.94. The number of carbonyl (C=O) groups is 1. The molecular weight excluding hydrogens is 420 g/mol. The van der Waals surface area contributed by atoms with Crippen LogP contribution in [-0.4, -0.2) is 40.1 Å². The van der Waals surface area contributed by atoms with Gasteiger partial charge in [0, 0.05) is 24.6 Å². The number of nitrogens with zero attached hydrogens (tertiary/aromatic N) is 3. The molecule has 1 aromatic carbocycles. The summed E-state index contributed by atoms with van der Waals surface area (Å²) in [4.78, 5) is 17.2. The Morgan fingerprint density at radius 1 is 1.15 bits per heavy atom. The van der Waals surface area contributed by atoms with E-state index < -0.39 is 0 Å². The van der Waals surface area contributed by atoms with E-state index in [1.54, 1.807) is 0 Å². The van der Waals surface area contributed by atoms with E-state index in [1.807, 2.05) is 21.0 Å². The number of methoxy groups -OCH3 is 1. The molecule has 7 rings (SSSR count). The molecule has 1 N–H and O–H groups in total. The fourth-order valence-corrected chi connectivity index (χ4v) is 6.37. The number of hydrogen-bond acceptors (Lipinski definition) is 6. The monoisotopic (exact) mass is 450 g/mol.